The quantitative estimate of drug-likeness (QED) is 0.172. The van der Waals surface area contributed by atoms with Gasteiger partial charge in [0.2, 0.25) is 0 Å². The number of fused-ring (bicyclic) bond motifs is 2. The predicted molar refractivity (Wildman–Crippen MR) is 233 cm³/mol. The Bertz CT molecular complexity index is 2270. The summed E-state index contributed by atoms with van der Waals surface area (Å²) in [5.41, 5.74) is 22.0. The second-order valence-corrected chi connectivity index (χ2v) is 15.9. The maximum Gasteiger partial charge on any atom is 0.267 e. The molecule has 2 amide bonds. The number of hydrogen-bond donors (Lipinski definition) is 2. The Hall–Kier alpha value is -4.51. The van der Waals surface area contributed by atoms with Gasteiger partial charge >= 0.3 is 0 Å². The van der Waals surface area contributed by atoms with Crippen LogP contribution in [0.3, 0.4) is 0 Å². The molecule has 0 spiro atoms. The lowest BCUT2D eigenvalue weighted by Crippen LogP contribution is -2.31. The Morgan fingerprint density at radius 3 is 1.33 bits per heavy atom. The monoisotopic (exact) mass is 858 g/mol. The van der Waals surface area contributed by atoms with Gasteiger partial charge in [0, 0.05) is 81.6 Å². The Kier molecular flexibility index (Phi) is 13.3. The van der Waals surface area contributed by atoms with Crippen molar-refractivity contribution >= 4 is 70.6 Å². The largest absolute Gasteiger partial charge is 0.364 e. The van der Waals surface area contributed by atoms with Crippen molar-refractivity contribution in [2.24, 2.45) is 11.5 Å². The number of primary amides is 2. The number of aromatic nitrogens is 2. The lowest BCUT2D eigenvalue weighted by atomic mass is 9.84. The van der Waals surface area contributed by atoms with Gasteiger partial charge in [-0.05, 0) is 95.0 Å². The van der Waals surface area contributed by atoms with Crippen molar-refractivity contribution in [3.8, 4) is 22.3 Å². The maximum absolute atomic E-state index is 11.2. The number of nitrogens with two attached hydrogens (primary N) is 2. The van der Waals surface area contributed by atoms with E-state index in [0.717, 1.165) is 59.6 Å². The van der Waals surface area contributed by atoms with E-state index in [9.17, 15) is 9.59 Å². The molecule has 0 saturated heterocycles. The van der Waals surface area contributed by atoms with E-state index in [1.807, 2.05) is 48.5 Å². The summed E-state index contributed by atoms with van der Waals surface area (Å²) in [6.07, 6.45) is 3.35. The summed E-state index contributed by atoms with van der Waals surface area (Å²) in [7, 11) is 4.19. The van der Waals surface area contributed by atoms with E-state index in [2.05, 4.69) is 58.1 Å². The molecule has 4 heterocycles. The molecule has 0 bridgehead atoms. The summed E-state index contributed by atoms with van der Waals surface area (Å²) in [6.45, 7) is 3.37. The van der Waals surface area contributed by atoms with Crippen molar-refractivity contribution in [1.29, 1.82) is 0 Å². The Labute approximate surface area is 358 Å². The number of carbonyl (C=O) groups excluding carboxylic acids is 2. The first-order chi connectivity index (χ1) is 26.8. The van der Waals surface area contributed by atoms with E-state index in [4.69, 9.17) is 57.9 Å². The van der Waals surface area contributed by atoms with Crippen molar-refractivity contribution in [1.82, 2.24) is 19.8 Å². The van der Waals surface area contributed by atoms with Crippen LogP contribution in [0.25, 0.3) is 22.3 Å². The predicted octanol–water partition coefficient (Wildman–Crippen LogP) is 9.88. The summed E-state index contributed by atoms with van der Waals surface area (Å²) < 4.78 is 0. The number of benzene rings is 4. The molecule has 8 nitrogen and oxygen atoms in total. The normalized spacial score (nSPS) is 16.3. The van der Waals surface area contributed by atoms with E-state index in [0.29, 0.717) is 20.1 Å². The standard InChI is InChI=1S/2C22H19Cl2N3O.ClH/c2*1-27-11-18(17-8-16(23)9-20(24)19(17)12-27)14-4-2-3-13(7-14)15-5-6-21(22(25)28)26-10-15;/h2*2-10,18H,11-12H2,1H3,(H2,25,28);1H/t2*18-;/m00./s1. The van der Waals surface area contributed by atoms with Crippen LogP contribution in [0.2, 0.25) is 20.1 Å². The second kappa shape index (κ2) is 18.0. The fourth-order valence-corrected chi connectivity index (χ4v) is 8.69. The first-order valence-corrected chi connectivity index (χ1v) is 19.4. The number of nitrogens with zero attached hydrogens (tertiary/aromatic N) is 4. The number of carbonyl (C=O) groups is 2. The molecule has 2 aromatic heterocycles. The minimum absolute atomic E-state index is 0. The molecule has 8 rings (SSSR count). The molecule has 0 aliphatic carbocycles. The van der Waals surface area contributed by atoms with Crippen LogP contribution in [0.15, 0.2) is 109 Å². The third-order valence-corrected chi connectivity index (χ3v) is 11.4. The molecule has 292 valence electrons. The molecule has 2 atom stereocenters. The highest BCUT2D eigenvalue weighted by molar-refractivity contribution is 6.35. The molecule has 13 heteroatoms. The van der Waals surface area contributed by atoms with E-state index in [1.54, 1.807) is 36.7 Å². The van der Waals surface area contributed by atoms with Crippen molar-refractivity contribution in [3.05, 3.63) is 174 Å². The average molecular weight is 861 g/mol. The zero-order valence-electron chi connectivity index (χ0n) is 31.1. The summed E-state index contributed by atoms with van der Waals surface area (Å²) in [6, 6.07) is 31.4. The van der Waals surface area contributed by atoms with Gasteiger partial charge in [-0.3, -0.25) is 19.6 Å². The summed E-state index contributed by atoms with van der Waals surface area (Å²) >= 11 is 25.5. The van der Waals surface area contributed by atoms with Crippen molar-refractivity contribution in [3.63, 3.8) is 0 Å². The first kappa shape index (κ1) is 42.1. The molecular formula is C44H39Cl5N6O2. The van der Waals surface area contributed by atoms with E-state index < -0.39 is 11.8 Å². The SMILES string of the molecule is CN1Cc2c(Cl)cc(Cl)cc2[C@H](c2cccc(-c3ccc(C(N)=O)nc3)c2)C1.CN1Cc2c(Cl)cc(Cl)cc2[C@H](c2cccc(-c3ccc(C(N)=O)nc3)c2)C1.Cl. The van der Waals surface area contributed by atoms with Crippen LogP contribution in [0.5, 0.6) is 0 Å². The molecule has 57 heavy (non-hydrogen) atoms. The van der Waals surface area contributed by atoms with Crippen LogP contribution in [-0.2, 0) is 13.1 Å². The van der Waals surface area contributed by atoms with E-state index in [1.165, 1.54) is 22.3 Å². The van der Waals surface area contributed by atoms with Crippen molar-refractivity contribution in [2.75, 3.05) is 27.2 Å². The lowest BCUT2D eigenvalue weighted by molar-refractivity contribution is 0.0987. The van der Waals surface area contributed by atoms with E-state index >= 15 is 0 Å². The van der Waals surface area contributed by atoms with Gasteiger partial charge in [0.1, 0.15) is 11.4 Å². The Morgan fingerprint density at radius 2 is 0.982 bits per heavy atom. The van der Waals surface area contributed by atoms with Gasteiger partial charge in [0.15, 0.2) is 0 Å². The third kappa shape index (κ3) is 9.46. The Morgan fingerprint density at radius 1 is 0.579 bits per heavy atom. The molecule has 0 saturated carbocycles. The van der Waals surface area contributed by atoms with Crippen molar-refractivity contribution < 1.29 is 9.59 Å². The first-order valence-electron chi connectivity index (χ1n) is 17.9. The van der Waals surface area contributed by atoms with Gasteiger partial charge in [0.25, 0.3) is 11.8 Å². The highest BCUT2D eigenvalue weighted by Gasteiger charge is 2.29. The van der Waals surface area contributed by atoms with Gasteiger partial charge in [-0.15, -0.1) is 12.4 Å². The lowest BCUT2D eigenvalue weighted by Gasteiger charge is -2.33. The maximum atomic E-state index is 11.2. The summed E-state index contributed by atoms with van der Waals surface area (Å²) in [5, 5.41) is 2.73. The number of amides is 2. The molecule has 2 aliphatic heterocycles. The third-order valence-electron chi connectivity index (χ3n) is 10.3. The fourth-order valence-electron chi connectivity index (χ4n) is 7.55. The molecule has 2 aliphatic rings. The molecule has 4 N–H and O–H groups in total. The minimum Gasteiger partial charge on any atom is -0.364 e. The number of hydrogen-bond acceptors (Lipinski definition) is 6. The smallest absolute Gasteiger partial charge is 0.267 e. The number of likely N-dealkylation sites (N-methyl/N-ethyl adjacent to an activating group) is 2. The number of halogens is 5. The van der Waals surface area contributed by atoms with Crippen LogP contribution >= 0.6 is 58.8 Å². The highest BCUT2D eigenvalue weighted by Crippen LogP contribution is 2.41. The zero-order chi connectivity index (χ0) is 39.7. The molecule has 0 unspecified atom stereocenters. The van der Waals surface area contributed by atoms with Crippen LogP contribution in [-0.4, -0.2) is 58.8 Å². The highest BCUT2D eigenvalue weighted by atomic mass is 35.5. The second-order valence-electron chi connectivity index (χ2n) is 14.3. The summed E-state index contributed by atoms with van der Waals surface area (Å²) in [5.74, 6) is -0.725. The van der Waals surface area contributed by atoms with Crippen LogP contribution in [0.4, 0.5) is 0 Å². The Balaban J connectivity index is 0.000000189. The van der Waals surface area contributed by atoms with Crippen LogP contribution < -0.4 is 11.5 Å². The zero-order valence-corrected chi connectivity index (χ0v) is 34.9. The number of rotatable bonds is 6. The van der Waals surface area contributed by atoms with Gasteiger partial charge in [0.05, 0.1) is 0 Å². The van der Waals surface area contributed by atoms with Crippen molar-refractivity contribution in [2.45, 2.75) is 24.9 Å². The molecule has 6 aromatic rings. The van der Waals surface area contributed by atoms with Crippen LogP contribution in [0, 0.1) is 0 Å². The molecule has 0 fully saturated rings. The van der Waals surface area contributed by atoms with Gasteiger partial charge in [-0.25, -0.2) is 0 Å². The minimum atomic E-state index is -0.532. The topological polar surface area (TPSA) is 118 Å². The fraction of sp³-hybridized carbons (Fsp3) is 0.182. The molecule has 0 radical (unpaired) electrons. The van der Waals surface area contributed by atoms with Gasteiger partial charge in [-0.2, -0.15) is 0 Å². The average Bonchev–Trinajstić information content (AvgIpc) is 3.18. The summed E-state index contributed by atoms with van der Waals surface area (Å²) in [4.78, 5) is 35.3. The van der Waals surface area contributed by atoms with Gasteiger partial charge in [-0.1, -0.05) is 107 Å². The van der Waals surface area contributed by atoms with Gasteiger partial charge < -0.3 is 21.3 Å². The van der Waals surface area contributed by atoms with E-state index in [-0.39, 0.29) is 35.6 Å². The molecular weight excluding hydrogens is 822 g/mol. The number of pyridine rings is 2. The van der Waals surface area contributed by atoms with Crippen LogP contribution in [0.1, 0.15) is 66.2 Å². The molecule has 4 aromatic carbocycles.